The van der Waals surface area contributed by atoms with Gasteiger partial charge < -0.3 is 9.88 Å². The second kappa shape index (κ2) is 5.45. The third-order valence-corrected chi connectivity index (χ3v) is 6.96. The van der Waals surface area contributed by atoms with E-state index < -0.39 is 0 Å². The molecule has 1 aromatic carbocycles. The maximum Gasteiger partial charge on any atom is 0.254 e. The lowest BCUT2D eigenvalue weighted by atomic mass is 9.60. The Morgan fingerprint density at radius 1 is 1.04 bits per heavy atom. The van der Waals surface area contributed by atoms with Gasteiger partial charge in [0, 0.05) is 30.1 Å². The predicted octanol–water partition coefficient (Wildman–Crippen LogP) is 3.34. The standard InChI is InChI=1S/C21H24N2O2/c1-12-2-7-19-15(8-12)16(9-20(24)22-19)21(25)23-10-17-13-3-4-14(6-5-13)18(17)11-23/h2,7-9,13-14,17-18H,3-6,10-11H2,1H3,(H,22,24)/t13?,14?,17-,18+. The van der Waals surface area contributed by atoms with Crippen molar-refractivity contribution in [2.24, 2.45) is 23.7 Å². The Morgan fingerprint density at radius 2 is 1.68 bits per heavy atom. The van der Waals surface area contributed by atoms with E-state index in [1.54, 1.807) is 0 Å². The largest absolute Gasteiger partial charge is 0.338 e. The zero-order valence-corrected chi connectivity index (χ0v) is 14.6. The number of fused-ring (bicyclic) bond motifs is 3. The maximum absolute atomic E-state index is 13.3. The summed E-state index contributed by atoms with van der Waals surface area (Å²) < 4.78 is 0. The van der Waals surface area contributed by atoms with Crippen molar-refractivity contribution in [3.8, 4) is 0 Å². The van der Waals surface area contributed by atoms with Gasteiger partial charge in [-0.05, 0) is 68.4 Å². The molecule has 1 saturated heterocycles. The van der Waals surface area contributed by atoms with Crippen LogP contribution in [0.4, 0.5) is 0 Å². The maximum atomic E-state index is 13.3. The number of hydrogen-bond acceptors (Lipinski definition) is 2. The number of likely N-dealkylation sites (tertiary alicyclic amines) is 1. The molecule has 3 saturated carbocycles. The molecule has 4 fully saturated rings. The minimum Gasteiger partial charge on any atom is -0.338 e. The lowest BCUT2D eigenvalue weighted by molar-refractivity contribution is 0.0577. The minimum absolute atomic E-state index is 0.0375. The first-order chi connectivity index (χ1) is 12.1. The molecular weight excluding hydrogens is 312 g/mol. The Labute approximate surface area is 147 Å². The fraction of sp³-hybridized carbons (Fsp3) is 0.524. The lowest BCUT2D eigenvalue weighted by Gasteiger charge is -2.44. The monoisotopic (exact) mass is 336 g/mol. The van der Waals surface area contributed by atoms with Crippen molar-refractivity contribution in [2.75, 3.05) is 13.1 Å². The van der Waals surface area contributed by atoms with Gasteiger partial charge in [0.15, 0.2) is 0 Å². The van der Waals surface area contributed by atoms with Gasteiger partial charge in [-0.15, -0.1) is 0 Å². The van der Waals surface area contributed by atoms with E-state index in [0.29, 0.717) is 17.4 Å². The topological polar surface area (TPSA) is 53.2 Å². The van der Waals surface area contributed by atoms with Gasteiger partial charge in [-0.25, -0.2) is 0 Å². The van der Waals surface area contributed by atoms with Gasteiger partial charge in [0.05, 0.1) is 5.56 Å². The van der Waals surface area contributed by atoms with Crippen LogP contribution in [0.25, 0.3) is 10.9 Å². The zero-order chi connectivity index (χ0) is 17.1. The molecule has 1 aromatic heterocycles. The number of aryl methyl sites for hydroxylation is 1. The van der Waals surface area contributed by atoms with E-state index in [1.165, 1.54) is 31.7 Å². The van der Waals surface area contributed by atoms with E-state index in [9.17, 15) is 9.59 Å². The number of amides is 1. The van der Waals surface area contributed by atoms with Crippen LogP contribution < -0.4 is 5.56 Å². The molecule has 2 bridgehead atoms. The summed E-state index contributed by atoms with van der Waals surface area (Å²) in [4.78, 5) is 30.2. The molecule has 0 radical (unpaired) electrons. The summed E-state index contributed by atoms with van der Waals surface area (Å²) in [5, 5.41) is 0.863. The molecule has 3 aliphatic carbocycles. The third kappa shape index (κ3) is 2.34. The second-order valence-corrected chi connectivity index (χ2v) is 8.31. The number of H-pyrrole nitrogens is 1. The summed E-state index contributed by atoms with van der Waals surface area (Å²) >= 11 is 0. The van der Waals surface area contributed by atoms with Gasteiger partial charge in [0.2, 0.25) is 5.56 Å². The van der Waals surface area contributed by atoms with Crippen LogP contribution in [0.2, 0.25) is 0 Å². The van der Waals surface area contributed by atoms with Gasteiger partial charge in [-0.1, -0.05) is 11.6 Å². The van der Waals surface area contributed by atoms with Crippen molar-refractivity contribution >= 4 is 16.8 Å². The van der Waals surface area contributed by atoms with Crippen molar-refractivity contribution in [3.63, 3.8) is 0 Å². The number of hydrogen-bond donors (Lipinski definition) is 1. The van der Waals surface area contributed by atoms with E-state index in [-0.39, 0.29) is 11.5 Å². The molecule has 4 nitrogen and oxygen atoms in total. The Bertz CT molecular complexity index is 888. The van der Waals surface area contributed by atoms with Crippen LogP contribution in [0.5, 0.6) is 0 Å². The van der Waals surface area contributed by atoms with Crippen LogP contribution in [-0.2, 0) is 0 Å². The van der Waals surface area contributed by atoms with Gasteiger partial charge in [-0.2, -0.15) is 0 Å². The fourth-order valence-corrected chi connectivity index (χ4v) is 5.73. The minimum atomic E-state index is -0.198. The first kappa shape index (κ1) is 15.2. The van der Waals surface area contributed by atoms with E-state index in [2.05, 4.69) is 4.98 Å². The average molecular weight is 336 g/mol. The van der Waals surface area contributed by atoms with Crippen molar-refractivity contribution in [1.29, 1.82) is 0 Å². The van der Waals surface area contributed by atoms with Crippen LogP contribution in [0.3, 0.4) is 0 Å². The van der Waals surface area contributed by atoms with Crippen molar-refractivity contribution < 1.29 is 4.79 Å². The molecule has 2 heterocycles. The van der Waals surface area contributed by atoms with Crippen molar-refractivity contribution in [1.82, 2.24) is 9.88 Å². The number of rotatable bonds is 1. The first-order valence-electron chi connectivity index (χ1n) is 9.53. The molecule has 4 aliphatic rings. The molecule has 0 unspecified atom stereocenters. The number of carbonyl (C=O) groups is 1. The summed E-state index contributed by atoms with van der Waals surface area (Å²) in [6, 6.07) is 7.35. The Hall–Kier alpha value is -2.10. The molecule has 25 heavy (non-hydrogen) atoms. The quantitative estimate of drug-likeness (QED) is 0.868. The highest BCUT2D eigenvalue weighted by molar-refractivity contribution is 6.06. The Kier molecular flexibility index (Phi) is 3.31. The van der Waals surface area contributed by atoms with Crippen LogP contribution >= 0.6 is 0 Å². The highest BCUT2D eigenvalue weighted by atomic mass is 16.2. The normalized spacial score (nSPS) is 30.7. The first-order valence-corrected chi connectivity index (χ1v) is 9.53. The van der Waals surface area contributed by atoms with E-state index in [4.69, 9.17) is 0 Å². The lowest BCUT2D eigenvalue weighted by Crippen LogP contribution is -2.38. The Balaban J connectivity index is 1.52. The molecule has 1 amide bonds. The summed E-state index contributed by atoms with van der Waals surface area (Å²) in [6.07, 6.45) is 5.39. The molecular formula is C21H24N2O2. The molecule has 6 rings (SSSR count). The summed E-state index contributed by atoms with van der Waals surface area (Å²) in [6.45, 7) is 3.77. The van der Waals surface area contributed by atoms with E-state index in [1.807, 2.05) is 30.0 Å². The fourth-order valence-electron chi connectivity index (χ4n) is 5.73. The summed E-state index contributed by atoms with van der Waals surface area (Å²) in [5.74, 6) is 3.03. The number of benzene rings is 1. The molecule has 4 heteroatoms. The van der Waals surface area contributed by atoms with Crippen molar-refractivity contribution in [2.45, 2.75) is 32.6 Å². The smallest absolute Gasteiger partial charge is 0.254 e. The number of aromatic amines is 1. The number of carbonyl (C=O) groups excluding carboxylic acids is 1. The average Bonchev–Trinajstić information content (AvgIpc) is 3.09. The molecule has 1 N–H and O–H groups in total. The third-order valence-electron chi connectivity index (χ3n) is 6.96. The number of nitrogens with zero attached hydrogens (tertiary/aromatic N) is 1. The molecule has 2 aromatic rings. The SMILES string of the molecule is Cc1ccc2[nH]c(=O)cc(C(=O)N3C[C@@H]4C5CCC(CC5)[C@@H]4C3)c2c1. The van der Waals surface area contributed by atoms with Crippen LogP contribution in [0.15, 0.2) is 29.1 Å². The second-order valence-electron chi connectivity index (χ2n) is 8.31. The number of pyridine rings is 1. The van der Waals surface area contributed by atoms with Crippen LogP contribution in [0, 0.1) is 30.6 Å². The summed E-state index contributed by atoms with van der Waals surface area (Å²) in [7, 11) is 0. The van der Waals surface area contributed by atoms with Gasteiger partial charge in [-0.3, -0.25) is 9.59 Å². The highest BCUT2D eigenvalue weighted by Crippen LogP contribution is 2.52. The molecule has 2 atom stereocenters. The molecule has 0 spiro atoms. The van der Waals surface area contributed by atoms with Gasteiger partial charge in [0.1, 0.15) is 0 Å². The predicted molar refractivity (Wildman–Crippen MR) is 97.6 cm³/mol. The molecule has 130 valence electrons. The molecule has 1 aliphatic heterocycles. The zero-order valence-electron chi connectivity index (χ0n) is 14.6. The van der Waals surface area contributed by atoms with Crippen LogP contribution in [-0.4, -0.2) is 28.9 Å². The van der Waals surface area contributed by atoms with Crippen molar-refractivity contribution in [3.05, 3.63) is 45.7 Å². The summed E-state index contributed by atoms with van der Waals surface area (Å²) in [5.41, 5.74) is 2.21. The van der Waals surface area contributed by atoms with Gasteiger partial charge in [0.25, 0.3) is 5.91 Å². The number of nitrogens with one attached hydrogen (secondary N) is 1. The van der Waals surface area contributed by atoms with Crippen LogP contribution in [0.1, 0.15) is 41.6 Å². The Morgan fingerprint density at radius 3 is 2.32 bits per heavy atom. The van der Waals surface area contributed by atoms with E-state index in [0.717, 1.165) is 41.4 Å². The van der Waals surface area contributed by atoms with Gasteiger partial charge >= 0.3 is 0 Å². The number of aromatic nitrogens is 1. The highest BCUT2D eigenvalue weighted by Gasteiger charge is 2.49. The van der Waals surface area contributed by atoms with E-state index >= 15 is 0 Å².